The number of piperazine rings is 1. The third-order valence-electron chi connectivity index (χ3n) is 4.89. The van der Waals surface area contributed by atoms with Crippen LogP contribution in [0.25, 0.3) is 10.9 Å². The number of hydrogen-bond acceptors (Lipinski definition) is 3. The fourth-order valence-electron chi connectivity index (χ4n) is 3.54. The molecule has 3 rings (SSSR count). The second kappa shape index (κ2) is 7.37. The topological polar surface area (TPSA) is 40.3 Å². The molecule has 1 aromatic carbocycles. The Labute approximate surface area is 139 Å². The van der Waals surface area contributed by atoms with Gasteiger partial charge >= 0.3 is 0 Å². The van der Waals surface area contributed by atoms with Crippen molar-refractivity contribution in [3.05, 3.63) is 30.0 Å². The van der Waals surface area contributed by atoms with Gasteiger partial charge in [0, 0.05) is 49.3 Å². The average molecular weight is 315 g/mol. The van der Waals surface area contributed by atoms with Crippen LogP contribution in [0.3, 0.4) is 0 Å². The van der Waals surface area contributed by atoms with Crippen molar-refractivity contribution in [1.29, 1.82) is 0 Å². The highest BCUT2D eigenvalue weighted by Gasteiger charge is 2.24. The van der Waals surface area contributed by atoms with Gasteiger partial charge in [-0.15, -0.1) is 0 Å². The Kier molecular flexibility index (Phi) is 5.23. The first kappa shape index (κ1) is 16.3. The Morgan fingerprint density at radius 1 is 1.17 bits per heavy atom. The van der Waals surface area contributed by atoms with Crippen molar-refractivity contribution in [3.8, 4) is 5.75 Å². The van der Waals surface area contributed by atoms with Gasteiger partial charge in [-0.2, -0.15) is 0 Å². The molecule has 4 nitrogen and oxygen atoms in total. The fraction of sp³-hybridized carbons (Fsp3) is 0.579. The molecule has 0 amide bonds. The second-order valence-electron chi connectivity index (χ2n) is 6.93. The van der Waals surface area contributed by atoms with Gasteiger partial charge in [0.2, 0.25) is 0 Å². The number of aromatic amines is 1. The maximum absolute atomic E-state index is 5.43. The first-order valence-corrected chi connectivity index (χ1v) is 8.79. The van der Waals surface area contributed by atoms with Gasteiger partial charge in [-0.1, -0.05) is 13.8 Å². The van der Waals surface area contributed by atoms with Crippen LogP contribution in [0.2, 0.25) is 0 Å². The van der Waals surface area contributed by atoms with E-state index in [-0.39, 0.29) is 0 Å². The van der Waals surface area contributed by atoms with Crippen LogP contribution >= 0.6 is 0 Å². The van der Waals surface area contributed by atoms with Gasteiger partial charge in [-0.3, -0.25) is 4.90 Å². The van der Waals surface area contributed by atoms with Gasteiger partial charge in [-0.25, -0.2) is 0 Å². The van der Waals surface area contributed by atoms with E-state index in [2.05, 4.69) is 47.4 Å². The number of aromatic nitrogens is 1. The quantitative estimate of drug-likeness (QED) is 0.856. The van der Waals surface area contributed by atoms with Gasteiger partial charge in [0.15, 0.2) is 0 Å². The summed E-state index contributed by atoms with van der Waals surface area (Å²) in [4.78, 5) is 6.09. The van der Waals surface area contributed by atoms with E-state index in [1.165, 1.54) is 29.3 Å². The summed E-state index contributed by atoms with van der Waals surface area (Å²) in [5.74, 6) is 1.67. The zero-order valence-electron chi connectivity index (χ0n) is 14.6. The van der Waals surface area contributed by atoms with Crippen LogP contribution in [-0.4, -0.2) is 43.2 Å². The average Bonchev–Trinajstić information content (AvgIpc) is 2.99. The number of rotatable bonds is 6. The summed E-state index contributed by atoms with van der Waals surface area (Å²) in [5, 5.41) is 4.77. The minimum atomic E-state index is 0.486. The highest BCUT2D eigenvalue weighted by molar-refractivity contribution is 5.85. The first-order valence-electron chi connectivity index (χ1n) is 8.79. The zero-order chi connectivity index (χ0) is 16.2. The highest BCUT2D eigenvalue weighted by atomic mass is 16.5. The zero-order valence-corrected chi connectivity index (χ0v) is 14.6. The molecule has 2 heterocycles. The van der Waals surface area contributed by atoms with Gasteiger partial charge in [0.25, 0.3) is 0 Å². The van der Waals surface area contributed by atoms with E-state index >= 15 is 0 Å². The molecular weight excluding hydrogens is 286 g/mol. The number of benzene rings is 1. The van der Waals surface area contributed by atoms with Crippen LogP contribution in [0.5, 0.6) is 5.75 Å². The number of nitrogens with zero attached hydrogens (tertiary/aromatic N) is 1. The molecule has 4 heteroatoms. The molecule has 0 unspecified atom stereocenters. The molecule has 1 saturated heterocycles. The van der Waals surface area contributed by atoms with Gasteiger partial charge in [0.1, 0.15) is 5.75 Å². The Bertz CT molecular complexity index is 629. The van der Waals surface area contributed by atoms with E-state index in [9.17, 15) is 0 Å². The number of nitrogens with one attached hydrogen (secondary N) is 2. The summed E-state index contributed by atoms with van der Waals surface area (Å²) in [5.41, 5.74) is 2.62. The lowest BCUT2D eigenvalue weighted by Crippen LogP contribution is -2.45. The molecular formula is C19H29N3O. The lowest BCUT2D eigenvalue weighted by molar-refractivity contribution is 0.161. The molecule has 1 atom stereocenters. The smallest absolute Gasteiger partial charge is 0.119 e. The van der Waals surface area contributed by atoms with E-state index < -0.39 is 0 Å². The van der Waals surface area contributed by atoms with E-state index in [1.54, 1.807) is 7.11 Å². The minimum absolute atomic E-state index is 0.486. The molecule has 0 bridgehead atoms. The maximum Gasteiger partial charge on any atom is 0.119 e. The molecule has 0 saturated carbocycles. The monoisotopic (exact) mass is 315 g/mol. The van der Waals surface area contributed by atoms with Crippen molar-refractivity contribution in [2.24, 2.45) is 5.92 Å². The van der Waals surface area contributed by atoms with E-state index in [4.69, 9.17) is 4.74 Å². The van der Waals surface area contributed by atoms with E-state index in [0.717, 1.165) is 37.8 Å². The van der Waals surface area contributed by atoms with Crippen LogP contribution in [-0.2, 0) is 0 Å². The first-order chi connectivity index (χ1) is 11.2. The number of methoxy groups -OCH3 is 1. The van der Waals surface area contributed by atoms with Crippen LogP contribution in [0.1, 0.15) is 38.3 Å². The SMILES string of the molecule is COc1ccc2[nH]cc([C@@H](CCC(C)C)N3CCNCC3)c2c1. The molecule has 1 aliphatic heterocycles. The van der Waals surface area contributed by atoms with Crippen LogP contribution in [0, 0.1) is 5.92 Å². The summed E-state index contributed by atoms with van der Waals surface area (Å²) in [7, 11) is 1.74. The van der Waals surface area contributed by atoms with E-state index in [0.29, 0.717) is 6.04 Å². The lowest BCUT2D eigenvalue weighted by Gasteiger charge is -2.35. The van der Waals surface area contributed by atoms with Gasteiger partial charge < -0.3 is 15.0 Å². The fourth-order valence-corrected chi connectivity index (χ4v) is 3.54. The Hall–Kier alpha value is -1.52. The number of fused-ring (bicyclic) bond motifs is 1. The van der Waals surface area contributed by atoms with Crippen molar-refractivity contribution >= 4 is 10.9 Å². The Morgan fingerprint density at radius 3 is 2.65 bits per heavy atom. The predicted octanol–water partition coefficient (Wildman–Crippen LogP) is 3.56. The number of H-pyrrole nitrogens is 1. The lowest BCUT2D eigenvalue weighted by atomic mass is 9.95. The Balaban J connectivity index is 1.94. The van der Waals surface area contributed by atoms with Crippen LogP contribution < -0.4 is 10.1 Å². The standard InChI is InChI=1S/C19H29N3O/c1-14(2)4-7-19(22-10-8-20-9-11-22)17-13-21-18-6-5-15(23-3)12-16(17)18/h5-6,12-14,19-21H,4,7-11H2,1-3H3/t19-/m1/s1. The molecule has 1 fully saturated rings. The molecule has 2 aromatic rings. The third kappa shape index (κ3) is 3.70. The molecule has 1 aliphatic rings. The summed E-state index contributed by atoms with van der Waals surface area (Å²) in [6.45, 7) is 9.05. The second-order valence-corrected chi connectivity index (χ2v) is 6.93. The van der Waals surface area contributed by atoms with Gasteiger partial charge in [-0.05, 0) is 42.5 Å². The molecule has 0 aliphatic carbocycles. The summed E-state index contributed by atoms with van der Waals surface area (Å²) in [6.07, 6.45) is 4.67. The maximum atomic E-state index is 5.43. The van der Waals surface area contributed by atoms with Gasteiger partial charge in [0.05, 0.1) is 7.11 Å². The Morgan fingerprint density at radius 2 is 1.96 bits per heavy atom. The number of ether oxygens (including phenoxy) is 1. The molecule has 1 aromatic heterocycles. The number of hydrogen-bond donors (Lipinski definition) is 2. The highest BCUT2D eigenvalue weighted by Crippen LogP contribution is 2.34. The minimum Gasteiger partial charge on any atom is -0.497 e. The summed E-state index contributed by atoms with van der Waals surface area (Å²) < 4.78 is 5.43. The summed E-state index contributed by atoms with van der Waals surface area (Å²) >= 11 is 0. The van der Waals surface area contributed by atoms with Crippen LogP contribution in [0.4, 0.5) is 0 Å². The molecule has 2 N–H and O–H groups in total. The molecule has 0 radical (unpaired) electrons. The molecule has 126 valence electrons. The summed E-state index contributed by atoms with van der Waals surface area (Å²) in [6, 6.07) is 6.80. The predicted molar refractivity (Wildman–Crippen MR) is 96.1 cm³/mol. The van der Waals surface area contributed by atoms with Crippen molar-refractivity contribution in [2.75, 3.05) is 33.3 Å². The van der Waals surface area contributed by atoms with Crippen molar-refractivity contribution in [2.45, 2.75) is 32.7 Å². The van der Waals surface area contributed by atoms with Crippen molar-refractivity contribution < 1.29 is 4.74 Å². The molecule has 0 spiro atoms. The molecule has 23 heavy (non-hydrogen) atoms. The van der Waals surface area contributed by atoms with Crippen molar-refractivity contribution in [3.63, 3.8) is 0 Å². The van der Waals surface area contributed by atoms with Crippen LogP contribution in [0.15, 0.2) is 24.4 Å². The van der Waals surface area contributed by atoms with E-state index in [1.807, 2.05) is 6.07 Å². The normalized spacial score (nSPS) is 17.7. The third-order valence-corrected chi connectivity index (χ3v) is 4.89. The largest absolute Gasteiger partial charge is 0.497 e. The van der Waals surface area contributed by atoms with Crippen molar-refractivity contribution in [1.82, 2.24) is 15.2 Å².